The molecule has 1 amide bonds. The Kier molecular flexibility index (Phi) is 5.66. The molecule has 3 rings (SSSR count). The topological polar surface area (TPSA) is 116 Å². The third-order valence-electron chi connectivity index (χ3n) is 4.49. The first-order valence-corrected chi connectivity index (χ1v) is 8.59. The Morgan fingerprint density at radius 2 is 1.55 bits per heavy atom. The van der Waals surface area contributed by atoms with Gasteiger partial charge in [0.15, 0.2) is 11.6 Å². The number of benzene rings is 2. The summed E-state index contributed by atoms with van der Waals surface area (Å²) in [4.78, 5) is 34.4. The van der Waals surface area contributed by atoms with Crippen LogP contribution in [0, 0.1) is 31.9 Å². The van der Waals surface area contributed by atoms with E-state index in [-0.39, 0.29) is 30.5 Å². The third kappa shape index (κ3) is 4.62. The van der Waals surface area contributed by atoms with Crippen molar-refractivity contribution in [3.63, 3.8) is 0 Å². The number of nitrogens with zero attached hydrogens (tertiary/aromatic N) is 3. The van der Waals surface area contributed by atoms with Gasteiger partial charge >= 0.3 is 0 Å². The van der Waals surface area contributed by atoms with E-state index in [2.05, 4.69) is 0 Å². The van der Waals surface area contributed by atoms with Crippen LogP contribution < -0.4 is 4.74 Å². The second kappa shape index (κ2) is 8.17. The highest BCUT2D eigenvalue weighted by Gasteiger charge is 2.27. The Morgan fingerprint density at radius 3 is 2.07 bits per heavy atom. The number of hydrogen-bond acceptors (Lipinski definition) is 6. The average molecular weight is 407 g/mol. The lowest BCUT2D eigenvalue weighted by Crippen LogP contribution is -2.41. The molecule has 0 aliphatic carbocycles. The summed E-state index contributed by atoms with van der Waals surface area (Å²) < 4.78 is 31.8. The fourth-order valence-electron chi connectivity index (χ4n) is 3.03. The zero-order valence-electron chi connectivity index (χ0n) is 14.9. The van der Waals surface area contributed by atoms with E-state index in [0.29, 0.717) is 12.8 Å². The van der Waals surface area contributed by atoms with Crippen molar-refractivity contribution in [1.29, 1.82) is 0 Å². The second-order valence-corrected chi connectivity index (χ2v) is 6.44. The molecule has 9 nitrogen and oxygen atoms in total. The number of nitro benzene ring substituents is 2. The first kappa shape index (κ1) is 20.1. The van der Waals surface area contributed by atoms with Gasteiger partial charge in [0, 0.05) is 44.1 Å². The summed E-state index contributed by atoms with van der Waals surface area (Å²) in [5, 5.41) is 22.0. The fourth-order valence-corrected chi connectivity index (χ4v) is 3.03. The summed E-state index contributed by atoms with van der Waals surface area (Å²) in [5.41, 5.74) is -1.23. The minimum absolute atomic E-state index is 0.147. The normalized spacial score (nSPS) is 14.5. The molecule has 152 valence electrons. The quantitative estimate of drug-likeness (QED) is 0.554. The Morgan fingerprint density at radius 1 is 0.966 bits per heavy atom. The molecule has 1 aliphatic heterocycles. The maximum atomic E-state index is 13.3. The second-order valence-electron chi connectivity index (χ2n) is 6.44. The highest BCUT2D eigenvalue weighted by molar-refractivity contribution is 5.95. The average Bonchev–Trinajstić information content (AvgIpc) is 2.70. The monoisotopic (exact) mass is 407 g/mol. The molecule has 2 aromatic carbocycles. The molecule has 0 bridgehead atoms. The number of carbonyl (C=O) groups excluding carboxylic acids is 1. The summed E-state index contributed by atoms with van der Waals surface area (Å²) in [7, 11) is 0. The van der Waals surface area contributed by atoms with Crippen LogP contribution in [0.1, 0.15) is 23.2 Å². The first-order chi connectivity index (χ1) is 13.7. The number of halogens is 2. The van der Waals surface area contributed by atoms with Gasteiger partial charge in [-0.15, -0.1) is 0 Å². The molecule has 0 atom stereocenters. The summed E-state index contributed by atoms with van der Waals surface area (Å²) in [6, 6.07) is 5.99. The SMILES string of the molecule is O=C(c1cc([N+](=O)[O-])cc([N+](=O)[O-])c1)N1CCC(Oc2ccc(F)c(F)c2)CC1. The largest absolute Gasteiger partial charge is 0.490 e. The molecule has 0 unspecified atom stereocenters. The van der Waals surface area contributed by atoms with E-state index in [1.807, 2.05) is 0 Å². The Hall–Kier alpha value is -3.63. The molecule has 0 radical (unpaired) electrons. The maximum Gasteiger partial charge on any atom is 0.277 e. The van der Waals surface area contributed by atoms with Crippen LogP contribution in [-0.2, 0) is 0 Å². The lowest BCUT2D eigenvalue weighted by Gasteiger charge is -2.32. The highest BCUT2D eigenvalue weighted by Crippen LogP contribution is 2.26. The lowest BCUT2D eigenvalue weighted by atomic mass is 10.1. The van der Waals surface area contributed by atoms with Crippen LogP contribution in [0.2, 0.25) is 0 Å². The Balaban J connectivity index is 1.67. The summed E-state index contributed by atoms with van der Waals surface area (Å²) >= 11 is 0. The van der Waals surface area contributed by atoms with Crippen molar-refractivity contribution in [3.8, 4) is 5.75 Å². The predicted molar refractivity (Wildman–Crippen MR) is 95.7 cm³/mol. The van der Waals surface area contributed by atoms with Crippen LogP contribution in [-0.4, -0.2) is 39.8 Å². The van der Waals surface area contributed by atoms with Crippen LogP contribution in [0.4, 0.5) is 20.2 Å². The van der Waals surface area contributed by atoms with E-state index in [1.165, 1.54) is 11.0 Å². The molecule has 29 heavy (non-hydrogen) atoms. The van der Waals surface area contributed by atoms with E-state index in [4.69, 9.17) is 4.74 Å². The van der Waals surface area contributed by atoms with E-state index in [0.717, 1.165) is 30.3 Å². The molecule has 1 heterocycles. The van der Waals surface area contributed by atoms with Crippen molar-refractivity contribution < 1.29 is 28.2 Å². The van der Waals surface area contributed by atoms with Gasteiger partial charge in [-0.2, -0.15) is 0 Å². The minimum Gasteiger partial charge on any atom is -0.490 e. The minimum atomic E-state index is -1.03. The molecule has 1 saturated heterocycles. The van der Waals surface area contributed by atoms with E-state index in [1.54, 1.807) is 0 Å². The number of hydrogen-bond donors (Lipinski definition) is 0. The van der Waals surface area contributed by atoms with Crippen molar-refractivity contribution in [2.24, 2.45) is 0 Å². The van der Waals surface area contributed by atoms with Crippen LogP contribution in [0.5, 0.6) is 5.75 Å². The van der Waals surface area contributed by atoms with Gasteiger partial charge in [-0.1, -0.05) is 0 Å². The van der Waals surface area contributed by atoms with Crippen molar-refractivity contribution in [1.82, 2.24) is 4.90 Å². The van der Waals surface area contributed by atoms with Crippen LogP contribution in [0.15, 0.2) is 36.4 Å². The number of nitro groups is 2. The van der Waals surface area contributed by atoms with Crippen LogP contribution >= 0.6 is 0 Å². The van der Waals surface area contributed by atoms with Crippen molar-refractivity contribution >= 4 is 17.3 Å². The number of carbonyl (C=O) groups is 1. The number of rotatable bonds is 5. The number of likely N-dealkylation sites (tertiary alicyclic amines) is 1. The molecule has 0 N–H and O–H groups in total. The molecule has 0 spiro atoms. The number of non-ortho nitro benzene ring substituents is 2. The number of amides is 1. The molecule has 2 aromatic rings. The van der Waals surface area contributed by atoms with Gasteiger partial charge in [0.2, 0.25) is 0 Å². The van der Waals surface area contributed by atoms with Crippen LogP contribution in [0.3, 0.4) is 0 Å². The van der Waals surface area contributed by atoms with Crippen molar-refractivity contribution in [3.05, 3.63) is 73.8 Å². The van der Waals surface area contributed by atoms with E-state index >= 15 is 0 Å². The van der Waals surface area contributed by atoms with Gasteiger partial charge in [0.25, 0.3) is 17.3 Å². The first-order valence-electron chi connectivity index (χ1n) is 8.59. The summed E-state index contributed by atoms with van der Waals surface area (Å²) in [5.74, 6) is -2.41. The predicted octanol–water partition coefficient (Wildman–Crippen LogP) is 3.46. The van der Waals surface area contributed by atoms with Crippen molar-refractivity contribution in [2.45, 2.75) is 18.9 Å². The van der Waals surface area contributed by atoms with Crippen molar-refractivity contribution in [2.75, 3.05) is 13.1 Å². The van der Waals surface area contributed by atoms with Gasteiger partial charge in [0.05, 0.1) is 21.5 Å². The van der Waals surface area contributed by atoms with Gasteiger partial charge < -0.3 is 9.64 Å². The zero-order valence-corrected chi connectivity index (χ0v) is 14.9. The Labute approximate surface area is 162 Å². The molecule has 1 fully saturated rings. The molecule has 0 saturated carbocycles. The van der Waals surface area contributed by atoms with Gasteiger partial charge in [-0.05, 0) is 12.1 Å². The molecular weight excluding hydrogens is 392 g/mol. The number of piperidine rings is 1. The molecule has 0 aromatic heterocycles. The smallest absolute Gasteiger partial charge is 0.277 e. The molecule has 1 aliphatic rings. The summed E-state index contributed by atoms with van der Waals surface area (Å²) in [6.45, 7) is 0.479. The standard InChI is InChI=1S/C18H15F2N3O6/c19-16-2-1-15(10-17(16)20)29-14-3-5-21(6-4-14)18(24)11-7-12(22(25)26)9-13(8-11)23(27)28/h1-2,7-10,14H,3-6H2. The summed E-state index contributed by atoms with van der Waals surface area (Å²) in [6.07, 6.45) is 0.451. The third-order valence-corrected chi connectivity index (χ3v) is 4.49. The maximum absolute atomic E-state index is 13.3. The zero-order chi connectivity index (χ0) is 21.1. The Bertz CT molecular complexity index is 944. The van der Waals surface area contributed by atoms with E-state index in [9.17, 15) is 33.8 Å². The van der Waals surface area contributed by atoms with Gasteiger partial charge in [0.1, 0.15) is 11.9 Å². The number of ether oxygens (including phenoxy) is 1. The van der Waals surface area contributed by atoms with Crippen LogP contribution in [0.25, 0.3) is 0 Å². The van der Waals surface area contributed by atoms with Gasteiger partial charge in [-0.3, -0.25) is 25.0 Å². The molecule has 11 heteroatoms. The van der Waals surface area contributed by atoms with E-state index < -0.39 is 38.8 Å². The molecular formula is C18H15F2N3O6. The lowest BCUT2D eigenvalue weighted by molar-refractivity contribution is -0.394. The van der Waals surface area contributed by atoms with Gasteiger partial charge in [-0.25, -0.2) is 8.78 Å². The highest BCUT2D eigenvalue weighted by atomic mass is 19.2. The fraction of sp³-hybridized carbons (Fsp3) is 0.278.